The van der Waals surface area contributed by atoms with Crippen LogP contribution in [0.3, 0.4) is 0 Å². The van der Waals surface area contributed by atoms with Gasteiger partial charge < -0.3 is 4.74 Å². The van der Waals surface area contributed by atoms with Crippen LogP contribution in [-0.2, 0) is 4.79 Å². The molecule has 112 valence electrons. The van der Waals surface area contributed by atoms with Crippen LogP contribution in [0.5, 0.6) is 5.75 Å². The number of carbonyl (C=O) groups is 1. The number of para-hydroxylation sites is 2. The molecule has 0 aliphatic carbocycles. The Kier molecular flexibility index (Phi) is 4.68. The molecule has 0 amide bonds. The summed E-state index contributed by atoms with van der Waals surface area (Å²) in [4.78, 5) is 22.3. The van der Waals surface area contributed by atoms with Gasteiger partial charge in [-0.15, -0.1) is 0 Å². The summed E-state index contributed by atoms with van der Waals surface area (Å²) in [6.45, 7) is 3.70. The topological polar surface area (TPSA) is 69.4 Å². The summed E-state index contributed by atoms with van der Waals surface area (Å²) >= 11 is 0. The summed E-state index contributed by atoms with van der Waals surface area (Å²) in [5.74, 6) is -0.0599. The van der Waals surface area contributed by atoms with Gasteiger partial charge in [-0.3, -0.25) is 10.1 Å². The van der Waals surface area contributed by atoms with Crippen LogP contribution < -0.4 is 4.74 Å². The van der Waals surface area contributed by atoms with Crippen molar-refractivity contribution in [1.82, 2.24) is 0 Å². The van der Waals surface area contributed by atoms with Crippen LogP contribution >= 0.6 is 0 Å². The maximum atomic E-state index is 11.9. The third kappa shape index (κ3) is 3.58. The van der Waals surface area contributed by atoms with Gasteiger partial charge in [-0.05, 0) is 37.1 Å². The van der Waals surface area contributed by atoms with E-state index in [0.717, 1.165) is 11.1 Å². The van der Waals surface area contributed by atoms with Crippen LogP contribution in [0.1, 0.15) is 16.7 Å². The number of hydrogen-bond donors (Lipinski definition) is 0. The zero-order valence-corrected chi connectivity index (χ0v) is 12.3. The molecule has 0 fully saturated rings. The van der Waals surface area contributed by atoms with Crippen molar-refractivity contribution in [1.29, 1.82) is 0 Å². The molecule has 0 radical (unpaired) electrons. The molecule has 0 bridgehead atoms. The smallest absolute Gasteiger partial charge is 0.336 e. The molecule has 0 aromatic heterocycles. The molecule has 5 heteroatoms. The molecular formula is C17H15NO4. The van der Waals surface area contributed by atoms with Gasteiger partial charge in [0.25, 0.3) is 5.69 Å². The lowest BCUT2D eigenvalue weighted by Crippen LogP contribution is -2.06. The molecule has 0 aliphatic rings. The van der Waals surface area contributed by atoms with Gasteiger partial charge in [0, 0.05) is 12.1 Å². The van der Waals surface area contributed by atoms with Gasteiger partial charge in [0.15, 0.2) is 0 Å². The molecule has 0 spiro atoms. The number of ether oxygens (including phenoxy) is 1. The van der Waals surface area contributed by atoms with E-state index in [1.807, 2.05) is 32.0 Å². The van der Waals surface area contributed by atoms with Crippen LogP contribution in [0.25, 0.3) is 6.08 Å². The predicted octanol–water partition coefficient (Wildman–Crippen LogP) is 3.83. The quantitative estimate of drug-likeness (QED) is 0.283. The summed E-state index contributed by atoms with van der Waals surface area (Å²) < 4.78 is 5.30. The van der Waals surface area contributed by atoms with E-state index in [1.54, 1.807) is 18.2 Å². The lowest BCUT2D eigenvalue weighted by Gasteiger charge is -2.08. The second-order valence-corrected chi connectivity index (χ2v) is 4.79. The number of benzene rings is 2. The van der Waals surface area contributed by atoms with Crippen LogP contribution in [-0.4, -0.2) is 10.9 Å². The van der Waals surface area contributed by atoms with Gasteiger partial charge in [0.1, 0.15) is 5.75 Å². The van der Waals surface area contributed by atoms with E-state index < -0.39 is 10.9 Å². The third-order valence-electron chi connectivity index (χ3n) is 3.14. The Morgan fingerprint density at radius 3 is 2.36 bits per heavy atom. The first-order valence-corrected chi connectivity index (χ1v) is 6.68. The first kappa shape index (κ1) is 15.4. The third-order valence-corrected chi connectivity index (χ3v) is 3.14. The first-order valence-electron chi connectivity index (χ1n) is 6.68. The first-order chi connectivity index (χ1) is 10.5. The minimum Gasteiger partial charge on any atom is -0.423 e. The van der Waals surface area contributed by atoms with Crippen molar-refractivity contribution in [3.63, 3.8) is 0 Å². The molecule has 0 N–H and O–H groups in total. The van der Waals surface area contributed by atoms with E-state index in [-0.39, 0.29) is 5.69 Å². The fourth-order valence-electron chi connectivity index (χ4n) is 2.05. The van der Waals surface area contributed by atoms with Crippen molar-refractivity contribution in [2.75, 3.05) is 0 Å². The molecule has 22 heavy (non-hydrogen) atoms. The van der Waals surface area contributed by atoms with E-state index in [2.05, 4.69) is 0 Å². The fraction of sp³-hybridized carbons (Fsp3) is 0.118. The zero-order valence-electron chi connectivity index (χ0n) is 12.3. The Morgan fingerprint density at radius 1 is 1.09 bits per heavy atom. The van der Waals surface area contributed by atoms with Crippen LogP contribution in [0.2, 0.25) is 0 Å². The van der Waals surface area contributed by atoms with Gasteiger partial charge in [-0.1, -0.05) is 30.3 Å². The SMILES string of the molecule is Cc1cccc(C)c1OC(=O)/C=C/c1ccccc1[N+](=O)[O-]. The van der Waals surface area contributed by atoms with Gasteiger partial charge >= 0.3 is 5.97 Å². The number of rotatable bonds is 4. The van der Waals surface area contributed by atoms with Gasteiger partial charge in [0.05, 0.1) is 10.5 Å². The Bertz CT molecular complexity index is 730. The summed E-state index contributed by atoms with van der Waals surface area (Å²) in [6, 6.07) is 11.8. The normalized spacial score (nSPS) is 10.6. The monoisotopic (exact) mass is 297 g/mol. The van der Waals surface area contributed by atoms with Crippen LogP contribution in [0.15, 0.2) is 48.5 Å². The maximum Gasteiger partial charge on any atom is 0.336 e. The Morgan fingerprint density at radius 2 is 1.73 bits per heavy atom. The van der Waals surface area contributed by atoms with Crippen molar-refractivity contribution in [2.45, 2.75) is 13.8 Å². The summed E-state index contributed by atoms with van der Waals surface area (Å²) in [6.07, 6.45) is 2.57. The van der Waals surface area contributed by atoms with E-state index in [4.69, 9.17) is 4.74 Å². The highest BCUT2D eigenvalue weighted by molar-refractivity contribution is 5.89. The molecule has 5 nitrogen and oxygen atoms in total. The maximum absolute atomic E-state index is 11.9. The highest BCUT2D eigenvalue weighted by atomic mass is 16.6. The molecule has 2 aromatic rings. The standard InChI is InChI=1S/C17H15NO4/c1-12-6-5-7-13(2)17(12)22-16(19)11-10-14-8-3-4-9-15(14)18(20)21/h3-11H,1-2H3/b11-10+. The number of hydrogen-bond acceptors (Lipinski definition) is 4. The number of esters is 1. The Balaban J connectivity index is 2.18. The van der Waals surface area contributed by atoms with E-state index in [0.29, 0.717) is 11.3 Å². The highest BCUT2D eigenvalue weighted by Crippen LogP contribution is 2.23. The summed E-state index contributed by atoms with van der Waals surface area (Å²) in [7, 11) is 0. The lowest BCUT2D eigenvalue weighted by molar-refractivity contribution is -0.385. The zero-order chi connectivity index (χ0) is 16.1. The molecule has 2 aromatic carbocycles. The molecule has 0 heterocycles. The summed E-state index contributed by atoms with van der Waals surface area (Å²) in [5.41, 5.74) is 2.00. The Hall–Kier alpha value is -2.95. The predicted molar refractivity (Wildman–Crippen MR) is 83.7 cm³/mol. The minimum atomic E-state index is -0.574. The van der Waals surface area contributed by atoms with Crippen molar-refractivity contribution < 1.29 is 14.5 Å². The number of nitro groups is 1. The highest BCUT2D eigenvalue weighted by Gasteiger charge is 2.11. The largest absolute Gasteiger partial charge is 0.423 e. The number of carbonyl (C=O) groups excluding carboxylic acids is 1. The number of nitro benzene ring substituents is 1. The second kappa shape index (κ2) is 6.67. The van der Waals surface area contributed by atoms with Gasteiger partial charge in [-0.2, -0.15) is 0 Å². The lowest BCUT2D eigenvalue weighted by atomic mass is 10.1. The van der Waals surface area contributed by atoms with Crippen LogP contribution in [0.4, 0.5) is 5.69 Å². The minimum absolute atomic E-state index is 0.0568. The molecular weight excluding hydrogens is 282 g/mol. The van der Waals surface area contributed by atoms with Gasteiger partial charge in [-0.25, -0.2) is 4.79 Å². The fourth-order valence-corrected chi connectivity index (χ4v) is 2.05. The molecule has 0 saturated carbocycles. The van der Waals surface area contributed by atoms with Crippen molar-refractivity contribution in [3.8, 4) is 5.75 Å². The molecule has 0 unspecified atom stereocenters. The van der Waals surface area contributed by atoms with Gasteiger partial charge in [0.2, 0.25) is 0 Å². The van der Waals surface area contributed by atoms with E-state index in [9.17, 15) is 14.9 Å². The Labute approximate surface area is 128 Å². The average Bonchev–Trinajstić information content (AvgIpc) is 2.49. The van der Waals surface area contributed by atoms with Crippen molar-refractivity contribution in [3.05, 3.63) is 75.3 Å². The average molecular weight is 297 g/mol. The molecule has 2 rings (SSSR count). The number of aryl methyl sites for hydroxylation is 2. The second-order valence-electron chi connectivity index (χ2n) is 4.79. The van der Waals surface area contributed by atoms with Crippen LogP contribution in [0, 0.1) is 24.0 Å². The molecule has 0 aliphatic heterocycles. The van der Waals surface area contributed by atoms with Crippen molar-refractivity contribution in [2.24, 2.45) is 0 Å². The van der Waals surface area contributed by atoms with Crippen molar-refractivity contribution >= 4 is 17.7 Å². The summed E-state index contributed by atoms with van der Waals surface area (Å²) in [5, 5.41) is 10.9. The molecule has 0 saturated heterocycles. The van der Waals surface area contributed by atoms with E-state index in [1.165, 1.54) is 18.2 Å². The molecule has 0 atom stereocenters. The van der Waals surface area contributed by atoms with E-state index >= 15 is 0 Å². The number of nitrogens with zero attached hydrogens (tertiary/aromatic N) is 1.